The zero-order valence-corrected chi connectivity index (χ0v) is 16.0. The molecule has 0 saturated carbocycles. The standard InChI is InChI=1S/C19H23N3O4S/c1-2-3-14-26-17-8-4-15(5-9-17)21-27(24,25)18-10-6-16(7-11-18)22-13-12-20-19(22)23/h4-11,21H,2-3,12-14H2,1H3,(H,20,23). The summed E-state index contributed by atoms with van der Waals surface area (Å²) < 4.78 is 33.2. The van der Waals surface area contributed by atoms with Crippen LogP contribution in [0.4, 0.5) is 16.2 Å². The predicted octanol–water partition coefficient (Wildman–Crippen LogP) is 3.20. The first-order valence-electron chi connectivity index (χ1n) is 8.91. The Kier molecular flexibility index (Phi) is 5.85. The van der Waals surface area contributed by atoms with Gasteiger partial charge < -0.3 is 10.1 Å². The van der Waals surface area contributed by atoms with E-state index in [0.29, 0.717) is 36.8 Å². The van der Waals surface area contributed by atoms with Crippen LogP contribution in [0.1, 0.15) is 19.8 Å². The van der Waals surface area contributed by atoms with Crippen molar-refractivity contribution < 1.29 is 17.9 Å². The number of benzene rings is 2. The first kappa shape index (κ1) is 19.0. The maximum Gasteiger partial charge on any atom is 0.321 e. The molecule has 2 aromatic rings. The van der Waals surface area contributed by atoms with Crippen LogP contribution in [0.25, 0.3) is 0 Å². The van der Waals surface area contributed by atoms with Gasteiger partial charge in [-0.15, -0.1) is 0 Å². The van der Waals surface area contributed by atoms with E-state index in [4.69, 9.17) is 4.74 Å². The average molecular weight is 389 g/mol. The third kappa shape index (κ3) is 4.71. The number of rotatable bonds is 8. The van der Waals surface area contributed by atoms with E-state index >= 15 is 0 Å². The van der Waals surface area contributed by atoms with Crippen LogP contribution >= 0.6 is 0 Å². The van der Waals surface area contributed by atoms with E-state index in [9.17, 15) is 13.2 Å². The summed E-state index contributed by atoms with van der Waals surface area (Å²) in [5, 5.41) is 2.71. The summed E-state index contributed by atoms with van der Waals surface area (Å²) in [5.41, 5.74) is 1.12. The lowest BCUT2D eigenvalue weighted by Gasteiger charge is -2.15. The number of amides is 2. The molecule has 7 nitrogen and oxygen atoms in total. The van der Waals surface area contributed by atoms with Gasteiger partial charge in [-0.25, -0.2) is 13.2 Å². The lowest BCUT2D eigenvalue weighted by Crippen LogP contribution is -2.27. The van der Waals surface area contributed by atoms with Gasteiger partial charge in [0.15, 0.2) is 0 Å². The fourth-order valence-corrected chi connectivity index (χ4v) is 3.75. The summed E-state index contributed by atoms with van der Waals surface area (Å²) in [6.45, 7) is 3.88. The Morgan fingerprint density at radius 1 is 1.11 bits per heavy atom. The molecule has 0 radical (unpaired) electrons. The van der Waals surface area contributed by atoms with Gasteiger partial charge in [-0.3, -0.25) is 9.62 Å². The molecule has 1 fully saturated rings. The van der Waals surface area contributed by atoms with Gasteiger partial charge in [0, 0.05) is 24.5 Å². The molecule has 2 N–H and O–H groups in total. The Morgan fingerprint density at radius 3 is 2.41 bits per heavy atom. The van der Waals surface area contributed by atoms with Crippen molar-refractivity contribution >= 4 is 27.4 Å². The molecule has 1 aliphatic rings. The molecule has 0 bridgehead atoms. The van der Waals surface area contributed by atoms with Gasteiger partial charge in [-0.2, -0.15) is 0 Å². The van der Waals surface area contributed by atoms with Crippen molar-refractivity contribution in [3.8, 4) is 5.75 Å². The topological polar surface area (TPSA) is 87.7 Å². The van der Waals surface area contributed by atoms with Crippen molar-refractivity contribution in [2.45, 2.75) is 24.7 Å². The molecule has 0 atom stereocenters. The lowest BCUT2D eigenvalue weighted by atomic mass is 10.3. The lowest BCUT2D eigenvalue weighted by molar-refractivity contribution is 0.252. The fourth-order valence-electron chi connectivity index (χ4n) is 2.69. The van der Waals surface area contributed by atoms with E-state index in [-0.39, 0.29) is 10.9 Å². The number of urea groups is 1. The van der Waals surface area contributed by atoms with Crippen LogP contribution in [-0.4, -0.2) is 34.1 Å². The van der Waals surface area contributed by atoms with E-state index in [0.717, 1.165) is 12.8 Å². The second-order valence-corrected chi connectivity index (χ2v) is 7.89. The van der Waals surface area contributed by atoms with Crippen LogP contribution < -0.4 is 19.7 Å². The molecule has 0 spiro atoms. The molecule has 1 saturated heterocycles. The number of nitrogens with one attached hydrogen (secondary N) is 2. The maximum atomic E-state index is 12.6. The number of unbranched alkanes of at least 4 members (excludes halogenated alkanes) is 1. The van der Waals surface area contributed by atoms with Crippen LogP contribution in [0.5, 0.6) is 5.75 Å². The largest absolute Gasteiger partial charge is 0.494 e. The summed E-state index contributed by atoms with van der Waals surface area (Å²) >= 11 is 0. The maximum absolute atomic E-state index is 12.6. The summed E-state index contributed by atoms with van der Waals surface area (Å²) in [6, 6.07) is 12.9. The molecule has 2 aromatic carbocycles. The molecule has 3 rings (SSSR count). The Balaban J connectivity index is 1.66. The number of nitrogens with zero attached hydrogens (tertiary/aromatic N) is 1. The number of carbonyl (C=O) groups is 1. The smallest absolute Gasteiger partial charge is 0.321 e. The highest BCUT2D eigenvalue weighted by molar-refractivity contribution is 7.92. The normalized spacial score (nSPS) is 14.1. The first-order valence-corrected chi connectivity index (χ1v) is 10.4. The monoisotopic (exact) mass is 389 g/mol. The Hall–Kier alpha value is -2.74. The minimum absolute atomic E-state index is 0.133. The minimum atomic E-state index is -3.71. The average Bonchev–Trinajstić information content (AvgIpc) is 3.09. The Bertz CT molecular complexity index is 880. The molecular formula is C19H23N3O4S. The van der Waals surface area contributed by atoms with E-state index < -0.39 is 10.0 Å². The molecule has 0 aliphatic carbocycles. The first-order chi connectivity index (χ1) is 13.0. The summed E-state index contributed by atoms with van der Waals surface area (Å²) in [4.78, 5) is 13.4. The molecule has 8 heteroatoms. The highest BCUT2D eigenvalue weighted by Crippen LogP contribution is 2.23. The molecule has 144 valence electrons. The number of hydrogen-bond acceptors (Lipinski definition) is 4. The number of hydrogen-bond donors (Lipinski definition) is 2. The molecule has 2 amide bonds. The van der Waals surface area contributed by atoms with Gasteiger partial charge in [0.2, 0.25) is 0 Å². The van der Waals surface area contributed by atoms with Crippen molar-refractivity contribution in [2.75, 3.05) is 29.3 Å². The quantitative estimate of drug-likeness (QED) is 0.679. The van der Waals surface area contributed by atoms with Gasteiger partial charge in [0.1, 0.15) is 5.75 Å². The van der Waals surface area contributed by atoms with Crippen molar-refractivity contribution in [1.82, 2.24) is 5.32 Å². The van der Waals surface area contributed by atoms with Gasteiger partial charge in [0.05, 0.1) is 11.5 Å². The molecule has 27 heavy (non-hydrogen) atoms. The number of carbonyl (C=O) groups excluding carboxylic acids is 1. The number of anilines is 2. The Labute approximate surface area is 159 Å². The summed E-state index contributed by atoms with van der Waals surface area (Å²) in [7, 11) is -3.71. The summed E-state index contributed by atoms with van der Waals surface area (Å²) in [5.74, 6) is 0.708. The van der Waals surface area contributed by atoms with Gasteiger partial charge in [0.25, 0.3) is 10.0 Å². The minimum Gasteiger partial charge on any atom is -0.494 e. The van der Waals surface area contributed by atoms with Crippen molar-refractivity contribution in [3.63, 3.8) is 0 Å². The molecule has 1 heterocycles. The highest BCUT2D eigenvalue weighted by atomic mass is 32.2. The van der Waals surface area contributed by atoms with E-state index in [1.165, 1.54) is 12.1 Å². The zero-order chi connectivity index (χ0) is 19.3. The molecule has 0 aromatic heterocycles. The number of ether oxygens (including phenoxy) is 1. The van der Waals surface area contributed by atoms with Crippen LogP contribution in [0.3, 0.4) is 0 Å². The third-order valence-corrected chi connectivity index (χ3v) is 5.59. The van der Waals surface area contributed by atoms with Crippen LogP contribution in [-0.2, 0) is 10.0 Å². The van der Waals surface area contributed by atoms with Gasteiger partial charge in [-0.1, -0.05) is 13.3 Å². The van der Waals surface area contributed by atoms with Gasteiger partial charge in [-0.05, 0) is 55.0 Å². The molecule has 1 aliphatic heterocycles. The van der Waals surface area contributed by atoms with Crippen molar-refractivity contribution in [2.24, 2.45) is 0 Å². The highest BCUT2D eigenvalue weighted by Gasteiger charge is 2.22. The van der Waals surface area contributed by atoms with E-state index in [1.807, 2.05) is 0 Å². The van der Waals surface area contributed by atoms with Crippen LogP contribution in [0.2, 0.25) is 0 Å². The van der Waals surface area contributed by atoms with Crippen LogP contribution in [0.15, 0.2) is 53.4 Å². The van der Waals surface area contributed by atoms with E-state index in [1.54, 1.807) is 41.3 Å². The van der Waals surface area contributed by atoms with Crippen molar-refractivity contribution in [1.29, 1.82) is 0 Å². The molecule has 0 unspecified atom stereocenters. The Morgan fingerprint density at radius 2 is 1.81 bits per heavy atom. The zero-order valence-electron chi connectivity index (χ0n) is 15.1. The SMILES string of the molecule is CCCCOc1ccc(NS(=O)(=O)c2ccc(N3CCNC3=O)cc2)cc1. The predicted molar refractivity (Wildman–Crippen MR) is 105 cm³/mol. The van der Waals surface area contributed by atoms with Gasteiger partial charge >= 0.3 is 6.03 Å². The third-order valence-electron chi connectivity index (χ3n) is 4.19. The van der Waals surface area contributed by atoms with E-state index in [2.05, 4.69) is 17.0 Å². The van der Waals surface area contributed by atoms with Crippen molar-refractivity contribution in [3.05, 3.63) is 48.5 Å². The second kappa shape index (κ2) is 8.30. The fraction of sp³-hybridized carbons (Fsp3) is 0.316. The molecular weight excluding hydrogens is 366 g/mol. The van der Waals surface area contributed by atoms with Crippen LogP contribution in [0, 0.1) is 0 Å². The second-order valence-electron chi connectivity index (χ2n) is 6.21. The summed E-state index contributed by atoms with van der Waals surface area (Å²) in [6.07, 6.45) is 2.03. The number of sulfonamides is 1.